The van der Waals surface area contributed by atoms with E-state index < -0.39 is 35.2 Å². The molecule has 3 aliphatic rings. The molecule has 1 nitrogen and oxygen atoms in total. The Morgan fingerprint density at radius 2 is 1.29 bits per heavy atom. The van der Waals surface area contributed by atoms with E-state index in [0.717, 1.165) is 68.9 Å². The zero-order valence-electron chi connectivity index (χ0n) is 24.4. The van der Waals surface area contributed by atoms with Crippen molar-refractivity contribution in [3.05, 3.63) is 76.9 Å². The second kappa shape index (κ2) is 13.5. The second-order valence-corrected chi connectivity index (χ2v) is 12.8. The van der Waals surface area contributed by atoms with E-state index in [-0.39, 0.29) is 24.6 Å². The summed E-state index contributed by atoms with van der Waals surface area (Å²) in [6.45, 7) is 2.15. The molecule has 0 N–H and O–H groups in total. The van der Waals surface area contributed by atoms with Gasteiger partial charge in [-0.05, 0) is 130 Å². The molecule has 0 radical (unpaired) electrons. The molecule has 0 spiro atoms. The van der Waals surface area contributed by atoms with Crippen LogP contribution in [0, 0.1) is 46.9 Å². The lowest BCUT2D eigenvalue weighted by atomic mass is 9.68. The van der Waals surface area contributed by atoms with Gasteiger partial charge in [0.05, 0.1) is 5.92 Å². The van der Waals surface area contributed by atoms with Gasteiger partial charge in [0.25, 0.3) is 0 Å². The van der Waals surface area contributed by atoms with Gasteiger partial charge in [-0.3, -0.25) is 0 Å². The minimum Gasteiger partial charge on any atom is -0.432 e. The van der Waals surface area contributed by atoms with Gasteiger partial charge in [-0.2, -0.15) is 8.78 Å². The highest BCUT2D eigenvalue weighted by atomic mass is 19.3. The molecule has 0 aromatic heterocycles. The fraction of sp³-hybridized carbons (Fsp3) is 0.600. The van der Waals surface area contributed by atoms with Crippen molar-refractivity contribution in [3.63, 3.8) is 0 Å². The molecule has 3 fully saturated rings. The van der Waals surface area contributed by atoms with Crippen LogP contribution in [0.3, 0.4) is 0 Å². The zero-order chi connectivity index (χ0) is 29.9. The Morgan fingerprint density at radius 1 is 0.714 bits per heavy atom. The summed E-state index contributed by atoms with van der Waals surface area (Å²) in [4.78, 5) is 0. The number of halogens is 6. The lowest BCUT2D eigenvalue weighted by molar-refractivity contribution is -0.224. The number of hydrogen-bond donors (Lipinski definition) is 0. The van der Waals surface area contributed by atoms with Gasteiger partial charge in [0.15, 0.2) is 17.5 Å². The fourth-order valence-corrected chi connectivity index (χ4v) is 7.76. The van der Waals surface area contributed by atoms with Crippen molar-refractivity contribution in [2.45, 2.75) is 108 Å². The summed E-state index contributed by atoms with van der Waals surface area (Å²) in [6.07, 6.45) is 12.0. The van der Waals surface area contributed by atoms with Crippen LogP contribution in [0.5, 0.6) is 5.75 Å². The van der Waals surface area contributed by atoms with Crippen molar-refractivity contribution in [2.75, 3.05) is 0 Å². The molecule has 0 bridgehead atoms. The maximum atomic E-state index is 15.3. The number of allylic oxidation sites excluding steroid dienone is 2. The molecule has 0 aliphatic heterocycles. The lowest BCUT2D eigenvalue weighted by Gasteiger charge is -2.39. The molecule has 0 saturated heterocycles. The first-order valence-electron chi connectivity index (χ1n) is 15.8. The van der Waals surface area contributed by atoms with Gasteiger partial charge < -0.3 is 4.74 Å². The average Bonchev–Trinajstić information content (AvgIpc) is 2.99. The topological polar surface area (TPSA) is 9.23 Å². The van der Waals surface area contributed by atoms with E-state index in [1.165, 1.54) is 0 Å². The van der Waals surface area contributed by atoms with Crippen LogP contribution in [0.25, 0.3) is 0 Å². The minimum atomic E-state index is -3.60. The van der Waals surface area contributed by atoms with E-state index in [2.05, 4.69) is 29.9 Å². The van der Waals surface area contributed by atoms with Crippen molar-refractivity contribution >= 4 is 0 Å². The van der Waals surface area contributed by atoms with E-state index in [1.807, 2.05) is 6.07 Å². The van der Waals surface area contributed by atoms with Crippen LogP contribution < -0.4 is 4.74 Å². The molecule has 2 aromatic rings. The highest BCUT2D eigenvalue weighted by molar-refractivity contribution is 5.30. The Balaban J connectivity index is 1.09. The maximum absolute atomic E-state index is 15.3. The van der Waals surface area contributed by atoms with E-state index >= 15 is 4.39 Å². The van der Waals surface area contributed by atoms with Crippen LogP contribution in [-0.4, -0.2) is 6.11 Å². The first-order valence-corrected chi connectivity index (χ1v) is 15.8. The number of ether oxygens (including phenoxy) is 1. The lowest BCUT2D eigenvalue weighted by Crippen LogP contribution is -2.38. The fourth-order valence-electron chi connectivity index (χ4n) is 7.76. The highest BCUT2D eigenvalue weighted by Crippen LogP contribution is 2.47. The van der Waals surface area contributed by atoms with Gasteiger partial charge in [-0.25, -0.2) is 17.6 Å². The third-order valence-corrected chi connectivity index (χ3v) is 10.2. The largest absolute Gasteiger partial charge is 0.432 e. The quantitative estimate of drug-likeness (QED) is 0.168. The summed E-state index contributed by atoms with van der Waals surface area (Å²) in [5.74, 6) is -4.69. The van der Waals surface area contributed by atoms with Crippen LogP contribution >= 0.6 is 0 Å². The Bertz CT molecular complexity index is 1190. The predicted molar refractivity (Wildman–Crippen MR) is 153 cm³/mol. The molecular weight excluding hydrogens is 550 g/mol. The molecule has 0 atom stereocenters. The van der Waals surface area contributed by atoms with Crippen LogP contribution in [0.2, 0.25) is 0 Å². The standard InChI is InChI=1S/C35H42F6O/c1-2-3-4-22-5-7-25(8-6-22)27-15-18-30(31(36)19-27)26-11-9-23(10-12-26)24-13-16-28(17-14-24)35(40,41)42-29-20-32(37)34(39)33(38)21-29/h3-4,15,18-26,28H,2,5-14,16-17H2,1H3/b4-3+. The van der Waals surface area contributed by atoms with Crippen LogP contribution in [0.4, 0.5) is 26.3 Å². The molecule has 42 heavy (non-hydrogen) atoms. The van der Waals surface area contributed by atoms with Crippen LogP contribution in [0.1, 0.15) is 113 Å². The van der Waals surface area contributed by atoms with E-state index in [9.17, 15) is 22.0 Å². The Labute approximate surface area is 245 Å². The number of alkyl halides is 2. The van der Waals surface area contributed by atoms with Gasteiger partial charge in [0.1, 0.15) is 11.6 Å². The second-order valence-electron chi connectivity index (χ2n) is 12.8. The Morgan fingerprint density at radius 3 is 1.86 bits per heavy atom. The molecule has 2 aromatic carbocycles. The molecule has 230 valence electrons. The third kappa shape index (κ3) is 7.19. The summed E-state index contributed by atoms with van der Waals surface area (Å²) >= 11 is 0. The number of hydrogen-bond acceptors (Lipinski definition) is 1. The first-order chi connectivity index (χ1) is 20.1. The van der Waals surface area contributed by atoms with Gasteiger partial charge in [0.2, 0.25) is 0 Å². The van der Waals surface area contributed by atoms with E-state index in [4.69, 9.17) is 0 Å². The molecule has 5 rings (SSSR count). The van der Waals surface area contributed by atoms with Crippen molar-refractivity contribution < 1.29 is 31.1 Å². The molecule has 0 unspecified atom stereocenters. The van der Waals surface area contributed by atoms with Gasteiger partial charge in [-0.1, -0.05) is 31.2 Å². The van der Waals surface area contributed by atoms with Gasteiger partial charge in [-0.15, -0.1) is 0 Å². The Hall–Kier alpha value is -2.44. The monoisotopic (exact) mass is 592 g/mol. The summed E-state index contributed by atoms with van der Waals surface area (Å²) in [5.41, 5.74) is 1.93. The van der Waals surface area contributed by atoms with Crippen molar-refractivity contribution in [3.8, 4) is 5.75 Å². The van der Waals surface area contributed by atoms with Crippen molar-refractivity contribution in [1.29, 1.82) is 0 Å². The first kappa shape index (κ1) is 31.0. The summed E-state index contributed by atoms with van der Waals surface area (Å²) in [7, 11) is 0. The summed E-state index contributed by atoms with van der Waals surface area (Å²) in [6, 6.07) is 6.81. The Kier molecular flexibility index (Phi) is 9.94. The van der Waals surface area contributed by atoms with Crippen molar-refractivity contribution in [1.82, 2.24) is 0 Å². The molecule has 3 aliphatic carbocycles. The van der Waals surface area contributed by atoms with E-state index in [1.54, 1.807) is 6.07 Å². The maximum Gasteiger partial charge on any atom is 0.400 e. The molecule has 0 amide bonds. The normalized spacial score (nSPS) is 29.1. The third-order valence-electron chi connectivity index (χ3n) is 10.2. The molecule has 7 heteroatoms. The highest BCUT2D eigenvalue weighted by Gasteiger charge is 2.45. The molecular formula is C35H42F6O. The number of rotatable bonds is 8. The molecule has 3 saturated carbocycles. The zero-order valence-corrected chi connectivity index (χ0v) is 24.4. The SMILES string of the molecule is CC/C=C/C1CCC(c2ccc(C3CCC(C4CCC(C(F)(F)Oc5cc(F)c(F)c(F)c5)CC4)CC3)c(F)c2)CC1. The van der Waals surface area contributed by atoms with Crippen LogP contribution in [-0.2, 0) is 0 Å². The smallest absolute Gasteiger partial charge is 0.400 e. The number of benzene rings is 2. The summed E-state index contributed by atoms with van der Waals surface area (Å²) in [5, 5.41) is 0. The predicted octanol–water partition coefficient (Wildman–Crippen LogP) is 11.2. The van der Waals surface area contributed by atoms with Gasteiger partial charge >= 0.3 is 6.11 Å². The average molecular weight is 593 g/mol. The van der Waals surface area contributed by atoms with Gasteiger partial charge in [0, 0.05) is 12.1 Å². The van der Waals surface area contributed by atoms with Crippen LogP contribution in [0.15, 0.2) is 42.5 Å². The van der Waals surface area contributed by atoms with E-state index in [0.29, 0.717) is 48.6 Å². The summed E-state index contributed by atoms with van der Waals surface area (Å²) < 4.78 is 89.7. The van der Waals surface area contributed by atoms with Crippen molar-refractivity contribution in [2.24, 2.45) is 23.7 Å². The minimum absolute atomic E-state index is 0.0902. The molecule has 0 heterocycles.